The van der Waals surface area contributed by atoms with E-state index in [2.05, 4.69) is 4.72 Å². The number of hydrogen-bond acceptors (Lipinski definition) is 4. The Balaban J connectivity index is 2.68. The highest BCUT2D eigenvalue weighted by Gasteiger charge is 2.16. The molecule has 0 aliphatic rings. The molecule has 0 fully saturated rings. The third kappa shape index (κ3) is 3.73. The first kappa shape index (κ1) is 12.9. The van der Waals surface area contributed by atoms with Crippen LogP contribution in [0.1, 0.15) is 6.92 Å². The predicted octanol–water partition coefficient (Wildman–Crippen LogP) is 1.27. The van der Waals surface area contributed by atoms with Gasteiger partial charge >= 0.3 is 0 Å². The van der Waals surface area contributed by atoms with Crippen LogP contribution in [0.2, 0.25) is 4.34 Å². The number of halogens is 1. The third-order valence-corrected chi connectivity index (χ3v) is 4.98. The number of thiophene rings is 1. The van der Waals surface area contributed by atoms with E-state index < -0.39 is 10.0 Å². The van der Waals surface area contributed by atoms with Crippen LogP contribution in [0.3, 0.4) is 0 Å². The van der Waals surface area contributed by atoms with Crippen molar-refractivity contribution in [3.8, 4) is 0 Å². The molecule has 7 heteroatoms. The van der Waals surface area contributed by atoms with Gasteiger partial charge in [-0.25, -0.2) is 13.1 Å². The second-order valence-corrected chi connectivity index (χ2v) is 6.96. The maximum atomic E-state index is 11.7. The van der Waals surface area contributed by atoms with Crippen LogP contribution in [0.5, 0.6) is 0 Å². The summed E-state index contributed by atoms with van der Waals surface area (Å²) in [5.74, 6) is 0.121. The first-order chi connectivity index (χ1) is 6.95. The summed E-state index contributed by atoms with van der Waals surface area (Å²) in [6, 6.07) is 3.05. The molecule has 86 valence electrons. The average Bonchev–Trinajstić information content (AvgIpc) is 2.62. The molecule has 0 amide bonds. The number of nitrogens with two attached hydrogens (primary N) is 1. The summed E-state index contributed by atoms with van der Waals surface area (Å²) in [4.78, 5) is 0. The van der Waals surface area contributed by atoms with Crippen LogP contribution in [0.15, 0.2) is 16.3 Å². The summed E-state index contributed by atoms with van der Waals surface area (Å²) < 4.78 is 26.5. The van der Waals surface area contributed by atoms with Crippen LogP contribution in [-0.2, 0) is 10.0 Å². The van der Waals surface area contributed by atoms with Gasteiger partial charge in [-0.2, -0.15) is 0 Å². The highest BCUT2D eigenvalue weighted by atomic mass is 35.5. The maximum absolute atomic E-state index is 11.7. The minimum absolute atomic E-state index is 0.121. The Labute approximate surface area is 98.5 Å². The fourth-order valence-electron chi connectivity index (χ4n) is 0.849. The molecule has 0 radical (unpaired) electrons. The number of sulfonamides is 1. The largest absolute Gasteiger partial charge is 0.330 e. The second-order valence-electron chi connectivity index (χ2n) is 3.25. The zero-order valence-corrected chi connectivity index (χ0v) is 10.6. The Kier molecular flexibility index (Phi) is 4.54. The van der Waals surface area contributed by atoms with Crippen molar-refractivity contribution in [2.24, 2.45) is 11.7 Å². The molecule has 1 rings (SSSR count). The van der Waals surface area contributed by atoms with Crippen LogP contribution in [-0.4, -0.2) is 21.5 Å². The van der Waals surface area contributed by atoms with Crippen molar-refractivity contribution in [2.45, 2.75) is 11.1 Å². The fraction of sp³-hybridized carbons (Fsp3) is 0.500. The summed E-state index contributed by atoms with van der Waals surface area (Å²) in [6.45, 7) is 2.67. The summed E-state index contributed by atoms with van der Waals surface area (Å²) in [6.07, 6.45) is 0. The molecular formula is C8H13ClN2O2S2. The smallest absolute Gasteiger partial charge is 0.250 e. The van der Waals surface area contributed by atoms with Gasteiger partial charge in [0, 0.05) is 6.54 Å². The summed E-state index contributed by atoms with van der Waals surface area (Å²) >= 11 is 6.70. The number of nitrogens with one attached hydrogen (secondary N) is 1. The zero-order chi connectivity index (χ0) is 11.5. The molecule has 15 heavy (non-hydrogen) atoms. The highest BCUT2D eigenvalue weighted by molar-refractivity contribution is 7.91. The first-order valence-electron chi connectivity index (χ1n) is 4.41. The molecule has 1 unspecified atom stereocenters. The molecular weight excluding hydrogens is 256 g/mol. The predicted molar refractivity (Wildman–Crippen MR) is 62.7 cm³/mol. The van der Waals surface area contributed by atoms with E-state index in [1.54, 1.807) is 6.07 Å². The Morgan fingerprint density at radius 1 is 1.60 bits per heavy atom. The zero-order valence-electron chi connectivity index (χ0n) is 8.23. The van der Waals surface area contributed by atoms with E-state index in [1.165, 1.54) is 6.07 Å². The van der Waals surface area contributed by atoms with Crippen molar-refractivity contribution in [1.29, 1.82) is 0 Å². The van der Waals surface area contributed by atoms with Gasteiger partial charge in [0.05, 0.1) is 4.34 Å². The van der Waals surface area contributed by atoms with E-state index >= 15 is 0 Å². The van der Waals surface area contributed by atoms with E-state index in [4.69, 9.17) is 17.3 Å². The molecule has 1 atom stereocenters. The van der Waals surface area contributed by atoms with Crippen molar-refractivity contribution < 1.29 is 8.42 Å². The topological polar surface area (TPSA) is 72.2 Å². The van der Waals surface area contributed by atoms with Gasteiger partial charge in [-0.1, -0.05) is 18.5 Å². The second kappa shape index (κ2) is 5.27. The molecule has 0 aromatic carbocycles. The van der Waals surface area contributed by atoms with Gasteiger partial charge in [0.25, 0.3) is 0 Å². The van der Waals surface area contributed by atoms with E-state index in [0.717, 1.165) is 11.3 Å². The number of hydrogen-bond donors (Lipinski definition) is 2. The molecule has 3 N–H and O–H groups in total. The molecule has 0 saturated heterocycles. The Morgan fingerprint density at radius 2 is 2.27 bits per heavy atom. The van der Waals surface area contributed by atoms with Crippen LogP contribution in [0.25, 0.3) is 0 Å². The van der Waals surface area contributed by atoms with E-state index in [1.807, 2.05) is 6.92 Å². The normalized spacial score (nSPS) is 14.1. The van der Waals surface area contributed by atoms with Crippen LogP contribution < -0.4 is 10.5 Å². The fourth-order valence-corrected chi connectivity index (χ4v) is 3.54. The van der Waals surface area contributed by atoms with Crippen LogP contribution in [0, 0.1) is 5.92 Å². The van der Waals surface area contributed by atoms with Gasteiger partial charge in [-0.15, -0.1) is 11.3 Å². The van der Waals surface area contributed by atoms with Gasteiger partial charge in [0.15, 0.2) is 0 Å². The Hall–Kier alpha value is -0.140. The molecule has 1 aromatic rings. The highest BCUT2D eigenvalue weighted by Crippen LogP contribution is 2.25. The molecule has 0 aliphatic carbocycles. The van der Waals surface area contributed by atoms with Crippen molar-refractivity contribution in [3.05, 3.63) is 16.5 Å². The average molecular weight is 269 g/mol. The third-order valence-electron chi connectivity index (χ3n) is 1.84. The van der Waals surface area contributed by atoms with Crippen molar-refractivity contribution in [3.63, 3.8) is 0 Å². The molecule has 0 bridgehead atoms. The Bertz CT molecular complexity index is 416. The molecule has 4 nitrogen and oxygen atoms in total. The molecule has 0 saturated carbocycles. The van der Waals surface area contributed by atoms with Crippen molar-refractivity contribution >= 4 is 33.0 Å². The van der Waals surface area contributed by atoms with Gasteiger partial charge in [0.1, 0.15) is 4.21 Å². The van der Waals surface area contributed by atoms with E-state index in [9.17, 15) is 8.42 Å². The van der Waals surface area contributed by atoms with Crippen molar-refractivity contribution in [2.75, 3.05) is 13.1 Å². The lowest BCUT2D eigenvalue weighted by Crippen LogP contribution is -2.30. The van der Waals surface area contributed by atoms with Crippen molar-refractivity contribution in [1.82, 2.24) is 4.72 Å². The van der Waals surface area contributed by atoms with E-state index in [-0.39, 0.29) is 10.1 Å². The lowest BCUT2D eigenvalue weighted by molar-refractivity contribution is 0.546. The van der Waals surface area contributed by atoms with Gasteiger partial charge in [0.2, 0.25) is 10.0 Å². The van der Waals surface area contributed by atoms with Gasteiger partial charge in [-0.3, -0.25) is 0 Å². The molecule has 1 heterocycles. The number of rotatable bonds is 5. The summed E-state index contributed by atoms with van der Waals surface area (Å²) in [5, 5.41) is 0. The first-order valence-corrected chi connectivity index (χ1v) is 7.08. The summed E-state index contributed by atoms with van der Waals surface area (Å²) in [7, 11) is -3.42. The van der Waals surface area contributed by atoms with Gasteiger partial charge in [-0.05, 0) is 24.6 Å². The maximum Gasteiger partial charge on any atom is 0.250 e. The monoisotopic (exact) mass is 268 g/mol. The summed E-state index contributed by atoms with van der Waals surface area (Å²) in [5.41, 5.74) is 5.39. The lowest BCUT2D eigenvalue weighted by atomic mass is 10.2. The Morgan fingerprint density at radius 3 is 2.73 bits per heavy atom. The molecule has 0 spiro atoms. The standard InChI is InChI=1S/C8H13ClN2O2S2/c1-6(4-10)5-11-15(12,13)8-3-2-7(9)14-8/h2-3,6,11H,4-5,10H2,1H3. The van der Waals surface area contributed by atoms with Crippen LogP contribution >= 0.6 is 22.9 Å². The lowest BCUT2D eigenvalue weighted by Gasteiger charge is -2.09. The van der Waals surface area contributed by atoms with Crippen LogP contribution in [0.4, 0.5) is 0 Å². The minimum atomic E-state index is -3.42. The van der Waals surface area contributed by atoms with Gasteiger partial charge < -0.3 is 5.73 Å². The molecule has 1 aromatic heterocycles. The quantitative estimate of drug-likeness (QED) is 0.845. The minimum Gasteiger partial charge on any atom is -0.330 e. The molecule has 0 aliphatic heterocycles. The van der Waals surface area contributed by atoms with E-state index in [0.29, 0.717) is 17.4 Å². The SMILES string of the molecule is CC(CN)CNS(=O)(=O)c1ccc(Cl)s1.